The molecule has 1 aromatic rings. The molecule has 0 saturated carbocycles. The molecule has 5 heteroatoms. The molecule has 0 aliphatic heterocycles. The van der Waals surface area contributed by atoms with Crippen LogP contribution >= 0.6 is 0 Å². The zero-order valence-electron chi connectivity index (χ0n) is 11.8. The van der Waals surface area contributed by atoms with E-state index in [1.54, 1.807) is 40.7 Å². The van der Waals surface area contributed by atoms with E-state index in [0.717, 1.165) is 0 Å². The molecule has 5 nitrogen and oxygen atoms in total. The number of aryl methyl sites for hydroxylation is 1. The standard InChI is InChI=1S/C14H19NO4/c1-8-6-10(7-16)9(2)11(12(8)17)15-13(18)19-14(3,4)5/h6-7,17H,1-5H3,(H,15,18). The number of rotatable bonds is 2. The fourth-order valence-corrected chi connectivity index (χ4v) is 1.61. The van der Waals surface area contributed by atoms with Crippen molar-refractivity contribution in [2.24, 2.45) is 0 Å². The van der Waals surface area contributed by atoms with Crippen molar-refractivity contribution in [1.29, 1.82) is 0 Å². The minimum absolute atomic E-state index is 0.0611. The maximum atomic E-state index is 11.7. The minimum Gasteiger partial charge on any atom is -0.505 e. The fraction of sp³-hybridized carbons (Fsp3) is 0.429. The van der Waals surface area contributed by atoms with Crippen LogP contribution in [0, 0.1) is 13.8 Å². The van der Waals surface area contributed by atoms with Gasteiger partial charge in [-0.3, -0.25) is 10.1 Å². The summed E-state index contributed by atoms with van der Waals surface area (Å²) in [6.07, 6.45) is 0.00976. The Kier molecular flexibility index (Phi) is 4.19. The monoisotopic (exact) mass is 265 g/mol. The molecule has 1 aromatic carbocycles. The Morgan fingerprint density at radius 3 is 2.42 bits per heavy atom. The minimum atomic E-state index is -0.673. The van der Waals surface area contributed by atoms with Gasteiger partial charge >= 0.3 is 6.09 Å². The van der Waals surface area contributed by atoms with Gasteiger partial charge in [-0.1, -0.05) is 0 Å². The van der Waals surface area contributed by atoms with Crippen molar-refractivity contribution >= 4 is 18.1 Å². The van der Waals surface area contributed by atoms with Crippen molar-refractivity contribution in [3.05, 3.63) is 22.8 Å². The SMILES string of the molecule is Cc1cc(C=O)c(C)c(NC(=O)OC(C)(C)C)c1O. The lowest BCUT2D eigenvalue weighted by Gasteiger charge is -2.21. The maximum Gasteiger partial charge on any atom is 0.412 e. The average molecular weight is 265 g/mol. The molecular weight excluding hydrogens is 246 g/mol. The van der Waals surface area contributed by atoms with Crippen LogP contribution in [0.3, 0.4) is 0 Å². The number of carbonyl (C=O) groups is 2. The molecule has 0 saturated heterocycles. The lowest BCUT2D eigenvalue weighted by Crippen LogP contribution is -2.27. The lowest BCUT2D eigenvalue weighted by molar-refractivity contribution is 0.0635. The highest BCUT2D eigenvalue weighted by Gasteiger charge is 2.20. The van der Waals surface area contributed by atoms with E-state index in [1.165, 1.54) is 0 Å². The van der Waals surface area contributed by atoms with Gasteiger partial charge in [0, 0.05) is 5.56 Å². The highest BCUT2D eigenvalue weighted by Crippen LogP contribution is 2.33. The van der Waals surface area contributed by atoms with E-state index in [-0.39, 0.29) is 11.4 Å². The quantitative estimate of drug-likeness (QED) is 0.636. The number of hydrogen-bond acceptors (Lipinski definition) is 4. The van der Waals surface area contributed by atoms with Crippen molar-refractivity contribution < 1.29 is 19.4 Å². The number of phenolic OH excluding ortho intramolecular Hbond substituents is 1. The molecule has 0 aliphatic carbocycles. The molecule has 19 heavy (non-hydrogen) atoms. The molecule has 0 heterocycles. The molecule has 0 spiro atoms. The first-order valence-electron chi connectivity index (χ1n) is 5.94. The molecule has 0 bridgehead atoms. The van der Waals surface area contributed by atoms with E-state index in [2.05, 4.69) is 5.32 Å². The molecule has 0 radical (unpaired) electrons. The Balaban J connectivity index is 3.10. The summed E-state index contributed by atoms with van der Waals surface area (Å²) in [5.74, 6) is -0.0611. The smallest absolute Gasteiger partial charge is 0.412 e. The summed E-state index contributed by atoms with van der Waals surface area (Å²) in [5, 5.41) is 12.4. The van der Waals surface area contributed by atoms with Crippen molar-refractivity contribution in [1.82, 2.24) is 0 Å². The van der Waals surface area contributed by atoms with Gasteiger partial charge in [0.25, 0.3) is 0 Å². The van der Waals surface area contributed by atoms with Gasteiger partial charge < -0.3 is 9.84 Å². The second kappa shape index (κ2) is 5.30. The second-order valence-electron chi connectivity index (χ2n) is 5.38. The predicted molar refractivity (Wildman–Crippen MR) is 72.8 cm³/mol. The molecule has 0 aliphatic rings. The van der Waals surface area contributed by atoms with Gasteiger partial charge in [-0.2, -0.15) is 0 Å². The first-order chi connectivity index (χ1) is 8.65. The molecule has 0 fully saturated rings. The third-order valence-electron chi connectivity index (χ3n) is 2.54. The van der Waals surface area contributed by atoms with Crippen LogP contribution < -0.4 is 5.32 Å². The Morgan fingerprint density at radius 2 is 1.95 bits per heavy atom. The second-order valence-corrected chi connectivity index (χ2v) is 5.38. The Labute approximate surface area is 112 Å². The van der Waals surface area contributed by atoms with Gasteiger partial charge in [0.2, 0.25) is 0 Å². The molecule has 1 rings (SSSR count). The molecule has 2 N–H and O–H groups in total. The number of aromatic hydroxyl groups is 1. The van der Waals surface area contributed by atoms with Crippen LogP contribution in [0.25, 0.3) is 0 Å². The molecule has 1 amide bonds. The Bertz CT molecular complexity index is 515. The number of amides is 1. The van der Waals surface area contributed by atoms with E-state index in [4.69, 9.17) is 4.74 Å². The average Bonchev–Trinajstić information content (AvgIpc) is 2.27. The van der Waals surface area contributed by atoms with Crippen LogP contribution in [0.2, 0.25) is 0 Å². The van der Waals surface area contributed by atoms with Crippen LogP contribution in [-0.2, 0) is 4.74 Å². The highest BCUT2D eigenvalue weighted by atomic mass is 16.6. The number of anilines is 1. The van der Waals surface area contributed by atoms with Crippen molar-refractivity contribution in [2.45, 2.75) is 40.2 Å². The fourth-order valence-electron chi connectivity index (χ4n) is 1.61. The van der Waals surface area contributed by atoms with Crippen LogP contribution in [0.5, 0.6) is 5.75 Å². The van der Waals surface area contributed by atoms with Gasteiger partial charge in [-0.15, -0.1) is 0 Å². The Morgan fingerprint density at radius 1 is 1.37 bits per heavy atom. The van der Waals surface area contributed by atoms with Crippen LogP contribution in [0.1, 0.15) is 42.3 Å². The first-order valence-corrected chi connectivity index (χ1v) is 5.94. The lowest BCUT2D eigenvalue weighted by atomic mass is 10.0. The predicted octanol–water partition coefficient (Wildman–Crippen LogP) is 3.17. The summed E-state index contributed by atoms with van der Waals surface area (Å²) in [7, 11) is 0. The van der Waals surface area contributed by atoms with Crippen molar-refractivity contribution in [2.75, 3.05) is 5.32 Å². The molecule has 0 unspecified atom stereocenters. The third kappa shape index (κ3) is 3.71. The Hall–Kier alpha value is -2.04. The maximum absolute atomic E-state index is 11.7. The van der Waals surface area contributed by atoms with E-state index in [1.807, 2.05) is 0 Å². The molecule has 0 atom stereocenters. The number of hydrogen-bond donors (Lipinski definition) is 2. The zero-order chi connectivity index (χ0) is 14.8. The number of phenols is 1. The number of benzene rings is 1. The highest BCUT2D eigenvalue weighted by molar-refractivity contribution is 5.92. The third-order valence-corrected chi connectivity index (χ3v) is 2.54. The normalized spacial score (nSPS) is 11.0. The largest absolute Gasteiger partial charge is 0.505 e. The first kappa shape index (κ1) is 15.0. The van der Waals surface area contributed by atoms with Gasteiger partial charge in [0.1, 0.15) is 17.6 Å². The molecule has 0 aromatic heterocycles. The van der Waals surface area contributed by atoms with Gasteiger partial charge in [0.15, 0.2) is 0 Å². The summed E-state index contributed by atoms with van der Waals surface area (Å²) in [6, 6.07) is 1.57. The zero-order valence-corrected chi connectivity index (χ0v) is 11.8. The summed E-state index contributed by atoms with van der Waals surface area (Å²) in [5.41, 5.74) is 1.01. The van der Waals surface area contributed by atoms with Gasteiger partial charge in [-0.25, -0.2) is 4.79 Å². The topological polar surface area (TPSA) is 75.6 Å². The van der Waals surface area contributed by atoms with Crippen LogP contribution in [-0.4, -0.2) is 23.1 Å². The number of aldehydes is 1. The summed E-state index contributed by atoms with van der Waals surface area (Å²) >= 11 is 0. The van der Waals surface area contributed by atoms with E-state index in [0.29, 0.717) is 23.0 Å². The van der Waals surface area contributed by atoms with Crippen LogP contribution in [0.4, 0.5) is 10.5 Å². The van der Waals surface area contributed by atoms with E-state index < -0.39 is 11.7 Å². The van der Waals surface area contributed by atoms with Crippen molar-refractivity contribution in [3.63, 3.8) is 0 Å². The summed E-state index contributed by atoms with van der Waals surface area (Å²) < 4.78 is 5.12. The number of carbonyl (C=O) groups excluding carboxylic acids is 2. The number of nitrogens with one attached hydrogen (secondary N) is 1. The summed E-state index contributed by atoms with van der Waals surface area (Å²) in [4.78, 5) is 22.6. The number of ether oxygens (including phenoxy) is 1. The van der Waals surface area contributed by atoms with Crippen LogP contribution in [0.15, 0.2) is 6.07 Å². The van der Waals surface area contributed by atoms with Crippen molar-refractivity contribution in [3.8, 4) is 5.75 Å². The van der Waals surface area contributed by atoms with Gasteiger partial charge in [0.05, 0.1) is 5.69 Å². The van der Waals surface area contributed by atoms with E-state index in [9.17, 15) is 14.7 Å². The van der Waals surface area contributed by atoms with E-state index >= 15 is 0 Å². The summed E-state index contributed by atoms with van der Waals surface area (Å²) in [6.45, 7) is 8.53. The molecular formula is C14H19NO4. The van der Waals surface area contributed by atoms with Gasteiger partial charge in [-0.05, 0) is 51.8 Å². The molecule has 104 valence electrons.